The van der Waals surface area contributed by atoms with Gasteiger partial charge in [0.2, 0.25) is 11.8 Å². The van der Waals surface area contributed by atoms with Gasteiger partial charge in [0.15, 0.2) is 80.8 Å². The van der Waals surface area contributed by atoms with E-state index in [4.69, 9.17) is 51.1 Å². The van der Waals surface area contributed by atoms with Gasteiger partial charge in [0.25, 0.3) is 0 Å². The number of aromatic nitrogens is 20. The Morgan fingerprint density at radius 2 is 0.802 bits per heavy atom. The standard InChI is InChI=1S/C25H30ClFN6O.C24H28ClFN6O2.2C20H20ClFN6O/c1-2-18-7-4-8-33(18)22(34)11-16-6-3-5-15(9-16)10-21-20(27)14-29-25(30-21)23-19-12-17(26)13-28-24(19)32-31-23;1-34-17-5-6-32(13-17)21(33)9-15-4-2-3-14(7-15)8-20-19(26)12-28-24(29-20)22-18-10-16(25)11-27-23(18)31-30-22;2*1-9(29)15-10-2-4-11(5-3-10)16(15)25-19-14(22)8-24-20(26-19)17-13-6-12(21)7-23-18(13)28-27-17/h12-16,18H,2-11H2,1H3,(H,28,31,32);10-12,14-15,17H,2-9,13H2,1H3,(H,27,30,31);2*6-8,10-11,15-16H,2-5H2,1H3,(H,23,27,28)(H,24,25,26)/t15-,16+,18+;14-,15+,17?;;/m00../s1. The number of halogens is 8. The Morgan fingerprint density at radius 3 is 1.17 bits per heavy atom. The Kier molecular flexibility index (Phi) is 26.8. The maximum absolute atomic E-state index is 14.7. The van der Waals surface area contributed by atoms with Crippen molar-refractivity contribution in [3.63, 3.8) is 0 Å². The van der Waals surface area contributed by atoms with Gasteiger partial charge in [-0.2, -0.15) is 20.4 Å². The normalized spacial score (nSPS) is 24.4. The Balaban J connectivity index is 0.000000119. The van der Waals surface area contributed by atoms with E-state index in [-0.39, 0.29) is 65.1 Å². The Labute approximate surface area is 743 Å². The number of anilines is 2. The summed E-state index contributed by atoms with van der Waals surface area (Å²) in [6.45, 7) is 7.78. The molecule has 22 rings (SSSR count). The van der Waals surface area contributed by atoms with E-state index in [0.717, 1.165) is 154 Å². The minimum atomic E-state index is -0.544. The highest BCUT2D eigenvalue weighted by molar-refractivity contribution is 6.32. The first-order valence-electron chi connectivity index (χ1n) is 43.8. The zero-order valence-electron chi connectivity index (χ0n) is 70.2. The monoisotopic (exact) mass is 1800 g/mol. The number of nitrogens with one attached hydrogen (secondary N) is 6. The molecule has 0 aromatic carbocycles. The van der Waals surface area contributed by atoms with Crippen LogP contribution < -0.4 is 10.6 Å². The molecule has 2 amide bonds. The zero-order valence-corrected chi connectivity index (χ0v) is 73.2. The number of H-pyrrole nitrogens is 4. The fraction of sp³-hybridized carbons (Fsp3) is 0.506. The van der Waals surface area contributed by atoms with Crippen LogP contribution in [-0.2, 0) is 36.8 Å². The molecule has 126 heavy (non-hydrogen) atoms. The predicted molar refractivity (Wildman–Crippen MR) is 468 cm³/mol. The van der Waals surface area contributed by atoms with Crippen LogP contribution >= 0.6 is 46.4 Å². The van der Waals surface area contributed by atoms with Crippen molar-refractivity contribution in [1.29, 1.82) is 0 Å². The molecule has 8 saturated carbocycles. The topological polar surface area (TPSA) is 377 Å². The summed E-state index contributed by atoms with van der Waals surface area (Å²) in [4.78, 5) is 106. The second-order valence-corrected chi connectivity index (χ2v) is 36.8. The Hall–Kier alpha value is -10.5. The number of ketones is 2. The second-order valence-electron chi connectivity index (χ2n) is 35.1. The third kappa shape index (κ3) is 19.4. The van der Waals surface area contributed by atoms with E-state index in [1.54, 1.807) is 45.2 Å². The van der Waals surface area contributed by atoms with Crippen molar-refractivity contribution in [3.05, 3.63) is 129 Å². The minimum Gasteiger partial charge on any atom is -0.380 e. The summed E-state index contributed by atoms with van der Waals surface area (Å²) in [5.74, 6) is 2.97. The van der Waals surface area contributed by atoms with Gasteiger partial charge in [-0.15, -0.1) is 0 Å². The number of ether oxygens (including phenoxy) is 1. The van der Waals surface area contributed by atoms with E-state index in [1.165, 1.54) is 37.2 Å². The lowest BCUT2D eigenvalue weighted by Gasteiger charge is -2.48. The van der Waals surface area contributed by atoms with Crippen LogP contribution in [0.15, 0.2) is 73.8 Å². The number of methoxy groups -OCH3 is 1. The zero-order chi connectivity index (χ0) is 87.6. The van der Waals surface area contributed by atoms with E-state index >= 15 is 0 Å². The first-order chi connectivity index (χ1) is 61.0. The first kappa shape index (κ1) is 87.6. The average molecular weight is 1800 g/mol. The molecule has 29 nitrogen and oxygen atoms in total. The maximum Gasteiger partial charge on any atom is 0.223 e. The van der Waals surface area contributed by atoms with Gasteiger partial charge in [0.05, 0.1) is 83.9 Å². The van der Waals surface area contributed by atoms with Gasteiger partial charge < -0.3 is 25.2 Å². The molecule has 5 unspecified atom stereocenters. The van der Waals surface area contributed by atoms with Gasteiger partial charge >= 0.3 is 0 Å². The molecule has 6 N–H and O–H groups in total. The van der Waals surface area contributed by atoms with E-state index in [9.17, 15) is 36.7 Å². The second kappa shape index (κ2) is 38.6. The highest BCUT2D eigenvalue weighted by Gasteiger charge is 2.48. The number of aromatic amines is 4. The van der Waals surface area contributed by atoms with E-state index in [2.05, 4.69) is 123 Å². The van der Waals surface area contributed by atoms with Crippen LogP contribution in [0.3, 0.4) is 0 Å². The van der Waals surface area contributed by atoms with Gasteiger partial charge in [-0.1, -0.05) is 79.0 Å². The van der Waals surface area contributed by atoms with Crippen molar-refractivity contribution < 1.29 is 41.5 Å². The molecule has 660 valence electrons. The Bertz CT molecular complexity index is 5810. The number of pyridine rings is 4. The smallest absolute Gasteiger partial charge is 0.223 e. The van der Waals surface area contributed by atoms with Gasteiger partial charge in [-0.3, -0.25) is 39.6 Å². The fourth-order valence-electron chi connectivity index (χ4n) is 21.1. The molecular weight excluding hydrogens is 1700 g/mol. The summed E-state index contributed by atoms with van der Waals surface area (Å²) in [6, 6.07) is 7.12. The molecule has 14 heterocycles. The van der Waals surface area contributed by atoms with Crippen molar-refractivity contribution in [1.82, 2.24) is 110 Å². The largest absolute Gasteiger partial charge is 0.380 e. The molecule has 2 saturated heterocycles. The lowest BCUT2D eigenvalue weighted by Crippen LogP contribution is -2.51. The van der Waals surface area contributed by atoms with Crippen LogP contribution in [0.2, 0.25) is 20.1 Å². The molecule has 10 aliphatic rings. The molecule has 10 fully saturated rings. The highest BCUT2D eigenvalue weighted by Crippen LogP contribution is 2.49. The molecular formula is C89H98Cl4F4N24O5. The highest BCUT2D eigenvalue weighted by atomic mass is 35.5. The number of Topliss-reactive ketones (excluding diaryl/α,β-unsaturated/α-hetero) is 2. The molecule has 0 spiro atoms. The summed E-state index contributed by atoms with van der Waals surface area (Å²) in [5, 5.41) is 39.3. The van der Waals surface area contributed by atoms with Crippen LogP contribution in [-0.4, -0.2) is 185 Å². The van der Waals surface area contributed by atoms with Crippen LogP contribution in [0.4, 0.5) is 29.2 Å². The number of hydrogen-bond donors (Lipinski definition) is 6. The maximum atomic E-state index is 14.7. The van der Waals surface area contributed by atoms with Crippen molar-refractivity contribution >= 4 is 126 Å². The number of carbonyl (C=O) groups excluding carboxylic acids is 4. The molecule has 8 aliphatic carbocycles. The Morgan fingerprint density at radius 1 is 0.437 bits per heavy atom. The quantitative estimate of drug-likeness (QED) is 0.0386. The molecule has 37 heteroatoms. The van der Waals surface area contributed by atoms with Gasteiger partial charge in [0.1, 0.15) is 34.3 Å². The van der Waals surface area contributed by atoms with Crippen molar-refractivity contribution in [2.24, 2.45) is 59.2 Å². The van der Waals surface area contributed by atoms with E-state index in [0.29, 0.717) is 207 Å². The van der Waals surface area contributed by atoms with E-state index < -0.39 is 23.3 Å². The number of amides is 2. The third-order valence-corrected chi connectivity index (χ3v) is 28.0. The molecule has 10 atom stereocenters. The summed E-state index contributed by atoms with van der Waals surface area (Å²) in [6.07, 6.45) is 33.9. The summed E-state index contributed by atoms with van der Waals surface area (Å²) in [5.41, 5.74) is 4.96. The lowest BCUT2D eigenvalue weighted by molar-refractivity contribution is -0.133. The first-order valence-corrected chi connectivity index (χ1v) is 45.3. The van der Waals surface area contributed by atoms with Gasteiger partial charge in [-0.25, -0.2) is 77.4 Å². The molecule has 4 bridgehead atoms. The van der Waals surface area contributed by atoms with Crippen molar-refractivity contribution in [2.45, 2.75) is 199 Å². The summed E-state index contributed by atoms with van der Waals surface area (Å²) < 4.78 is 63.9. The molecule has 2 aliphatic heterocycles. The summed E-state index contributed by atoms with van der Waals surface area (Å²) >= 11 is 24.3. The fourth-order valence-corrected chi connectivity index (χ4v) is 21.7. The number of hydrogen-bond acceptors (Lipinski definition) is 23. The third-order valence-electron chi connectivity index (χ3n) is 27.2. The summed E-state index contributed by atoms with van der Waals surface area (Å²) in [7, 11) is 1.70. The number of fused-ring (bicyclic) bond motifs is 10. The number of carbonyl (C=O) groups is 4. The van der Waals surface area contributed by atoms with E-state index in [1.807, 2.05) is 4.90 Å². The van der Waals surface area contributed by atoms with Crippen LogP contribution in [0.1, 0.15) is 173 Å². The SMILES string of the molecule is CC(=O)C1C2CCC(CC2)C1Nc1nc(-c2[nH]nc3ncc(Cl)cc23)ncc1F.CC(=O)C1C2CCC(CC2)C1Nc1nc(-c2[nH]nc3ncc(Cl)cc23)ncc1F.CC[C@@H]1CCCN1C(=O)C[C@@H]1CCC[C@H](Cc2nc(-c3[nH]nc4ncc(Cl)cc34)ncc2F)C1.COC1CCN(C(=O)C[C@@H]2CCC[C@H](Cc3nc(-c4[nH]nc5ncc(Cl)cc45)ncc3F)C2)C1. The van der Waals surface area contributed by atoms with Crippen LogP contribution in [0.25, 0.3) is 90.2 Å². The van der Waals surface area contributed by atoms with Crippen LogP contribution in [0.5, 0.6) is 0 Å². The predicted octanol–water partition coefficient (Wildman–Crippen LogP) is 17.6. The van der Waals surface area contributed by atoms with Crippen molar-refractivity contribution in [3.8, 4) is 46.1 Å². The number of rotatable bonds is 20. The molecule has 12 aromatic rings. The number of likely N-dealkylation sites (tertiary alicyclic amines) is 2. The van der Waals surface area contributed by atoms with Crippen LogP contribution in [0, 0.1) is 82.4 Å². The molecule has 12 aromatic heterocycles. The number of nitrogens with zero attached hydrogens (tertiary/aromatic N) is 18. The molecule has 0 radical (unpaired) electrons. The van der Waals surface area contributed by atoms with Gasteiger partial charge in [-0.05, 0) is 201 Å². The lowest BCUT2D eigenvalue weighted by atomic mass is 9.60. The minimum absolute atomic E-state index is 0.101. The van der Waals surface area contributed by atoms with Crippen molar-refractivity contribution in [2.75, 3.05) is 37.4 Å². The average Bonchev–Trinajstić information content (AvgIpc) is 1.18. The van der Waals surface area contributed by atoms with Gasteiger partial charge in [0, 0.05) is 94.3 Å².